The van der Waals surface area contributed by atoms with Crippen LogP contribution in [0.2, 0.25) is 0 Å². The third-order valence-corrected chi connectivity index (χ3v) is 4.29. The molecule has 19 heavy (non-hydrogen) atoms. The second-order valence-electron chi connectivity index (χ2n) is 5.50. The number of ether oxygens (including phenoxy) is 1. The molecule has 0 saturated carbocycles. The molecule has 1 fully saturated rings. The fourth-order valence-electron chi connectivity index (χ4n) is 2.82. The highest BCUT2D eigenvalue weighted by Gasteiger charge is 2.29. The van der Waals surface area contributed by atoms with Gasteiger partial charge in [-0.25, -0.2) is 0 Å². The Balaban J connectivity index is 2.27. The molecule has 106 valence electrons. The molecule has 0 aliphatic carbocycles. The fraction of sp³-hybridized carbons (Fsp3) is 0.600. The summed E-state index contributed by atoms with van der Waals surface area (Å²) < 4.78 is 6.78. The van der Waals surface area contributed by atoms with Gasteiger partial charge in [0.2, 0.25) is 0 Å². The van der Waals surface area contributed by atoms with Gasteiger partial charge in [0.1, 0.15) is 0 Å². The third-order valence-electron chi connectivity index (χ3n) is 3.80. The van der Waals surface area contributed by atoms with Gasteiger partial charge in [0.25, 0.3) is 0 Å². The summed E-state index contributed by atoms with van der Waals surface area (Å²) in [4.78, 5) is 2.35. The molecule has 1 aliphatic heterocycles. The highest BCUT2D eigenvalue weighted by Crippen LogP contribution is 2.30. The Kier molecular flexibility index (Phi) is 4.87. The number of hydrogen-bond acceptors (Lipinski definition) is 3. The van der Waals surface area contributed by atoms with Crippen molar-refractivity contribution in [3.63, 3.8) is 0 Å². The minimum atomic E-state index is 0.165. The number of halogens is 1. The number of hydrogen-bond donors (Lipinski definition) is 1. The molecule has 4 heteroatoms. The van der Waals surface area contributed by atoms with Crippen LogP contribution in [-0.2, 0) is 11.2 Å². The summed E-state index contributed by atoms with van der Waals surface area (Å²) in [6, 6.07) is 7.06. The molecule has 1 saturated heterocycles. The van der Waals surface area contributed by atoms with Gasteiger partial charge in [-0.1, -0.05) is 15.9 Å². The maximum Gasteiger partial charge on any atom is 0.0750 e. The van der Waals surface area contributed by atoms with Crippen molar-refractivity contribution < 1.29 is 4.74 Å². The maximum absolute atomic E-state index is 5.97. The Morgan fingerprint density at radius 1 is 1.53 bits per heavy atom. The smallest absolute Gasteiger partial charge is 0.0750 e. The molecule has 1 aromatic carbocycles. The van der Waals surface area contributed by atoms with Gasteiger partial charge in [0.15, 0.2) is 0 Å². The van der Waals surface area contributed by atoms with E-state index < -0.39 is 0 Å². The molecule has 1 aromatic rings. The van der Waals surface area contributed by atoms with Crippen molar-refractivity contribution in [3.05, 3.63) is 28.2 Å². The van der Waals surface area contributed by atoms with Crippen LogP contribution in [0.3, 0.4) is 0 Å². The topological polar surface area (TPSA) is 38.5 Å². The van der Waals surface area contributed by atoms with Crippen LogP contribution in [-0.4, -0.2) is 31.8 Å². The van der Waals surface area contributed by atoms with Gasteiger partial charge >= 0.3 is 0 Å². The Bertz CT molecular complexity index is 436. The Morgan fingerprint density at radius 3 is 2.84 bits per heavy atom. The van der Waals surface area contributed by atoms with Crippen LogP contribution in [0.1, 0.15) is 25.8 Å². The Hall–Kier alpha value is -0.580. The molecular weight excluding hydrogens is 304 g/mol. The highest BCUT2D eigenvalue weighted by molar-refractivity contribution is 9.10. The second kappa shape index (κ2) is 6.25. The van der Waals surface area contributed by atoms with Crippen molar-refractivity contribution in [1.82, 2.24) is 0 Å². The van der Waals surface area contributed by atoms with Gasteiger partial charge in [-0.2, -0.15) is 0 Å². The minimum Gasteiger partial charge on any atom is -0.376 e. The number of benzene rings is 1. The summed E-state index contributed by atoms with van der Waals surface area (Å²) in [6.45, 7) is 5.06. The standard InChI is InChI=1S/C15H23BrN2O/c1-10(17)8-12-9-13(16)4-5-15(12)18(3)14-6-7-19-11(14)2/h4-5,9-11,14H,6-8,17H2,1-3H3. The maximum atomic E-state index is 5.97. The molecule has 0 aromatic heterocycles. The first-order valence-electron chi connectivity index (χ1n) is 6.87. The predicted octanol–water partition coefficient (Wildman–Crippen LogP) is 2.95. The summed E-state index contributed by atoms with van der Waals surface area (Å²) in [7, 11) is 2.16. The molecule has 0 bridgehead atoms. The minimum absolute atomic E-state index is 0.165. The van der Waals surface area contributed by atoms with Crippen LogP contribution in [0.15, 0.2) is 22.7 Å². The van der Waals surface area contributed by atoms with Gasteiger partial charge in [-0.3, -0.25) is 0 Å². The van der Waals surface area contributed by atoms with E-state index in [0.29, 0.717) is 6.04 Å². The van der Waals surface area contributed by atoms with Crippen molar-refractivity contribution >= 4 is 21.6 Å². The zero-order valence-corrected chi connectivity index (χ0v) is 13.5. The molecular formula is C15H23BrN2O. The monoisotopic (exact) mass is 326 g/mol. The summed E-state index contributed by atoms with van der Waals surface area (Å²) in [5.74, 6) is 0. The van der Waals surface area contributed by atoms with E-state index >= 15 is 0 Å². The van der Waals surface area contributed by atoms with Crippen LogP contribution in [0.5, 0.6) is 0 Å². The van der Waals surface area contributed by atoms with Gasteiger partial charge in [-0.15, -0.1) is 0 Å². The lowest BCUT2D eigenvalue weighted by atomic mass is 10.0. The van der Waals surface area contributed by atoms with Crippen LogP contribution >= 0.6 is 15.9 Å². The fourth-order valence-corrected chi connectivity index (χ4v) is 3.22. The lowest BCUT2D eigenvalue weighted by molar-refractivity contribution is 0.118. The van der Waals surface area contributed by atoms with Crippen LogP contribution < -0.4 is 10.6 Å². The highest BCUT2D eigenvalue weighted by atomic mass is 79.9. The number of likely N-dealkylation sites (N-methyl/N-ethyl adjacent to an activating group) is 1. The lowest BCUT2D eigenvalue weighted by Crippen LogP contribution is -2.37. The zero-order chi connectivity index (χ0) is 14.0. The largest absolute Gasteiger partial charge is 0.376 e. The summed E-state index contributed by atoms with van der Waals surface area (Å²) in [5, 5.41) is 0. The third kappa shape index (κ3) is 3.50. The first-order chi connectivity index (χ1) is 8.99. The normalized spacial score (nSPS) is 24.5. The van der Waals surface area contributed by atoms with Gasteiger partial charge in [-0.05, 0) is 50.5 Å². The van der Waals surface area contributed by atoms with E-state index in [0.717, 1.165) is 23.9 Å². The van der Waals surface area contributed by atoms with E-state index in [1.165, 1.54) is 11.3 Å². The number of rotatable bonds is 4. The van der Waals surface area contributed by atoms with E-state index in [2.05, 4.69) is 53.0 Å². The van der Waals surface area contributed by atoms with E-state index in [9.17, 15) is 0 Å². The van der Waals surface area contributed by atoms with Crippen molar-refractivity contribution in [2.75, 3.05) is 18.6 Å². The van der Waals surface area contributed by atoms with Crippen LogP contribution in [0.25, 0.3) is 0 Å². The van der Waals surface area contributed by atoms with Crippen molar-refractivity contribution in [1.29, 1.82) is 0 Å². The van der Waals surface area contributed by atoms with Gasteiger partial charge < -0.3 is 15.4 Å². The number of anilines is 1. The molecule has 0 spiro atoms. The molecule has 2 N–H and O–H groups in total. The van der Waals surface area contributed by atoms with E-state index in [1.807, 2.05) is 6.92 Å². The summed E-state index contributed by atoms with van der Waals surface area (Å²) in [6.07, 6.45) is 2.27. The quantitative estimate of drug-likeness (QED) is 0.924. The average Bonchev–Trinajstić information content (AvgIpc) is 2.74. The molecule has 3 nitrogen and oxygen atoms in total. The second-order valence-corrected chi connectivity index (χ2v) is 6.41. The average molecular weight is 327 g/mol. The van der Waals surface area contributed by atoms with Gasteiger partial charge in [0, 0.05) is 29.9 Å². The molecule has 2 rings (SSSR count). The molecule has 3 unspecified atom stereocenters. The van der Waals surface area contributed by atoms with E-state index in [4.69, 9.17) is 10.5 Å². The number of nitrogens with zero attached hydrogens (tertiary/aromatic N) is 1. The van der Waals surface area contributed by atoms with Crippen molar-refractivity contribution in [3.8, 4) is 0 Å². The molecule has 1 heterocycles. The lowest BCUT2D eigenvalue weighted by Gasteiger charge is -2.31. The predicted molar refractivity (Wildman–Crippen MR) is 83.7 cm³/mol. The SMILES string of the molecule is CC(N)Cc1cc(Br)ccc1N(C)C1CCOC1C. The molecule has 0 amide bonds. The Labute approximate surface area is 124 Å². The van der Waals surface area contributed by atoms with Crippen LogP contribution in [0.4, 0.5) is 5.69 Å². The van der Waals surface area contributed by atoms with Crippen LogP contribution in [0, 0.1) is 0 Å². The van der Waals surface area contributed by atoms with E-state index in [-0.39, 0.29) is 12.1 Å². The zero-order valence-electron chi connectivity index (χ0n) is 11.9. The van der Waals surface area contributed by atoms with E-state index in [1.54, 1.807) is 0 Å². The van der Waals surface area contributed by atoms with Crippen molar-refractivity contribution in [2.45, 2.75) is 44.9 Å². The summed E-state index contributed by atoms with van der Waals surface area (Å²) in [5.41, 5.74) is 8.53. The first-order valence-corrected chi connectivity index (χ1v) is 7.66. The number of nitrogens with two attached hydrogens (primary N) is 1. The molecule has 1 aliphatic rings. The molecule has 3 atom stereocenters. The summed E-state index contributed by atoms with van der Waals surface area (Å²) >= 11 is 3.55. The van der Waals surface area contributed by atoms with Crippen molar-refractivity contribution in [2.24, 2.45) is 5.73 Å². The van der Waals surface area contributed by atoms with Gasteiger partial charge in [0.05, 0.1) is 12.1 Å². The first kappa shape index (κ1) is 14.8. The molecule has 0 radical (unpaired) electrons. The Morgan fingerprint density at radius 2 is 2.26 bits per heavy atom.